The molecule has 0 nitrogen and oxygen atoms in total. The van der Waals surface area contributed by atoms with E-state index in [2.05, 4.69) is 62.0 Å². The van der Waals surface area contributed by atoms with Gasteiger partial charge in [-0.15, -0.1) is 0 Å². The van der Waals surface area contributed by atoms with Crippen LogP contribution in [-0.4, -0.2) is 5.92 Å². The summed E-state index contributed by atoms with van der Waals surface area (Å²) in [4.78, 5) is 0. The first-order valence-corrected chi connectivity index (χ1v) is 11.8. The van der Waals surface area contributed by atoms with E-state index < -0.39 is 7.33 Å². The molecule has 0 saturated heterocycles. The van der Waals surface area contributed by atoms with Gasteiger partial charge in [-0.25, -0.2) is 0 Å². The molecule has 0 saturated carbocycles. The first-order valence-electron chi connectivity index (χ1n) is 1.47. The standard InChI is InChI=1S/CBr4F3P/c2-9(3,4,5)1(6,7)8. The summed E-state index contributed by atoms with van der Waals surface area (Å²) in [5, 5.41) is 0. The molecule has 0 unspecified atom stereocenters. The van der Waals surface area contributed by atoms with Gasteiger partial charge in [-0.1, -0.05) is 0 Å². The molecule has 58 valence electrons. The number of alkyl halides is 3. The molecule has 0 aromatic carbocycles. The first-order chi connectivity index (χ1) is 3.51. The summed E-state index contributed by atoms with van der Waals surface area (Å²) in [5.41, 5.74) is 0. The Balaban J connectivity index is 4.56. The van der Waals surface area contributed by atoms with E-state index in [1.165, 1.54) is 0 Å². The van der Waals surface area contributed by atoms with Crippen molar-refractivity contribution in [2.24, 2.45) is 0 Å². The van der Waals surface area contributed by atoms with Crippen LogP contribution in [0.1, 0.15) is 0 Å². The molecule has 0 rings (SSSR count). The van der Waals surface area contributed by atoms with Crippen LogP contribution in [0.5, 0.6) is 0 Å². The van der Waals surface area contributed by atoms with Crippen LogP contribution >= 0.6 is 63.4 Å². The van der Waals surface area contributed by atoms with Crippen molar-refractivity contribution in [3.05, 3.63) is 0 Å². The second-order valence-electron chi connectivity index (χ2n) is 1.19. The molecule has 0 heterocycles. The van der Waals surface area contributed by atoms with Crippen molar-refractivity contribution < 1.29 is 13.2 Å². The maximum absolute atomic E-state index is 11.8. The molecule has 9 heavy (non-hydrogen) atoms. The summed E-state index contributed by atoms with van der Waals surface area (Å²) in [6.07, 6.45) is 0. The predicted molar refractivity (Wildman–Crippen MR) is 48.7 cm³/mol. The third-order valence-corrected chi connectivity index (χ3v) is 5.98. The Hall–Kier alpha value is 2.14. The second kappa shape index (κ2) is 2.57. The molecule has 0 aromatic heterocycles. The van der Waals surface area contributed by atoms with Crippen molar-refractivity contribution in [1.29, 1.82) is 0 Å². The van der Waals surface area contributed by atoms with E-state index in [9.17, 15) is 13.2 Å². The van der Waals surface area contributed by atoms with E-state index in [1.54, 1.807) is 0 Å². The fourth-order valence-electron chi connectivity index (χ4n) is 0. The Labute approximate surface area is 81.8 Å². The predicted octanol–water partition coefficient (Wildman–Crippen LogP) is 5.30. The van der Waals surface area contributed by atoms with Gasteiger partial charge in [-0.2, -0.15) is 0 Å². The van der Waals surface area contributed by atoms with Gasteiger partial charge in [0, 0.05) is 0 Å². The molecular weight excluding hydrogens is 420 g/mol. The second-order valence-corrected chi connectivity index (χ2v) is 37.3. The summed E-state index contributed by atoms with van der Waals surface area (Å²) >= 11 is 9.83. The molecule has 0 radical (unpaired) electrons. The Morgan fingerprint density at radius 2 is 1.00 bits per heavy atom. The van der Waals surface area contributed by atoms with Crippen molar-refractivity contribution in [3.8, 4) is 0 Å². The summed E-state index contributed by atoms with van der Waals surface area (Å²) in [6, 6.07) is 0. The Morgan fingerprint density at radius 1 is 0.889 bits per heavy atom. The zero-order valence-electron chi connectivity index (χ0n) is 3.59. The van der Waals surface area contributed by atoms with Crippen molar-refractivity contribution in [1.82, 2.24) is 0 Å². The third-order valence-electron chi connectivity index (χ3n) is 0.383. The summed E-state index contributed by atoms with van der Waals surface area (Å²) in [5.74, 6) is -4.33. The van der Waals surface area contributed by atoms with E-state index in [-0.39, 0.29) is 0 Å². The zero-order valence-corrected chi connectivity index (χ0v) is 10.8. The van der Waals surface area contributed by atoms with Crippen molar-refractivity contribution in [3.63, 3.8) is 0 Å². The molecule has 0 aliphatic carbocycles. The minimum atomic E-state index is -4.33. The van der Waals surface area contributed by atoms with Crippen molar-refractivity contribution in [2.45, 2.75) is 5.92 Å². The van der Waals surface area contributed by atoms with Crippen LogP contribution in [0, 0.1) is 0 Å². The molecule has 0 aliphatic heterocycles. The van der Waals surface area contributed by atoms with Gasteiger partial charge in [0.05, 0.1) is 0 Å². The van der Waals surface area contributed by atoms with Crippen LogP contribution in [0.3, 0.4) is 0 Å². The summed E-state index contributed by atoms with van der Waals surface area (Å²) < 4.78 is 31.4. The van der Waals surface area contributed by atoms with Crippen LogP contribution < -0.4 is 0 Å². The SMILES string of the molecule is FC(F)(F)P(Br)(Br)(Br)Br. The van der Waals surface area contributed by atoms with E-state index in [1.807, 2.05) is 0 Å². The molecule has 0 aromatic rings. The average molecular weight is 420 g/mol. The topological polar surface area (TPSA) is 0 Å². The molecule has 0 N–H and O–H groups in total. The molecule has 0 atom stereocenters. The van der Waals surface area contributed by atoms with Gasteiger partial charge in [0.2, 0.25) is 0 Å². The van der Waals surface area contributed by atoms with E-state index >= 15 is 0 Å². The van der Waals surface area contributed by atoms with Gasteiger partial charge in [-0.3, -0.25) is 0 Å². The van der Waals surface area contributed by atoms with Crippen LogP contribution in [0.2, 0.25) is 0 Å². The molecule has 0 fully saturated rings. The Kier molecular flexibility index (Phi) is 3.19. The number of rotatable bonds is 0. The van der Waals surface area contributed by atoms with Crippen molar-refractivity contribution in [2.75, 3.05) is 0 Å². The minimum absolute atomic E-state index is 2.46. The fourth-order valence-corrected chi connectivity index (χ4v) is 0. The molecule has 0 bridgehead atoms. The molecular formula is CBr4F3P. The number of halogens is 7. The fraction of sp³-hybridized carbons (Fsp3) is 1.00. The normalized spacial score (nSPS) is 18.8. The van der Waals surface area contributed by atoms with Gasteiger partial charge < -0.3 is 0 Å². The number of hydrogen-bond donors (Lipinski definition) is 0. The van der Waals surface area contributed by atoms with Gasteiger partial charge in [0.1, 0.15) is 0 Å². The van der Waals surface area contributed by atoms with E-state index in [0.29, 0.717) is 0 Å². The third kappa shape index (κ3) is 3.36. The van der Waals surface area contributed by atoms with Crippen LogP contribution in [0.4, 0.5) is 13.2 Å². The maximum atomic E-state index is 11.8. The van der Waals surface area contributed by atoms with E-state index in [0.717, 1.165) is 0 Å². The van der Waals surface area contributed by atoms with Crippen LogP contribution in [-0.2, 0) is 0 Å². The van der Waals surface area contributed by atoms with Crippen LogP contribution in [0.25, 0.3) is 0 Å². The van der Waals surface area contributed by atoms with Gasteiger partial charge >= 0.3 is 82.5 Å². The Morgan fingerprint density at radius 3 is 1.00 bits per heavy atom. The zero-order chi connectivity index (χ0) is 7.95. The molecule has 0 amide bonds. The van der Waals surface area contributed by atoms with Gasteiger partial charge in [0.15, 0.2) is 0 Å². The average Bonchev–Trinajstić information content (AvgIpc) is 1.20. The molecule has 0 aliphatic rings. The van der Waals surface area contributed by atoms with Gasteiger partial charge in [-0.05, 0) is 0 Å². The van der Waals surface area contributed by atoms with Crippen LogP contribution in [0.15, 0.2) is 0 Å². The van der Waals surface area contributed by atoms with Crippen molar-refractivity contribution >= 4 is 63.4 Å². The molecule has 0 spiro atoms. The monoisotopic (exact) mass is 416 g/mol. The Bertz CT molecular complexity index is 111. The quantitative estimate of drug-likeness (QED) is 0.468. The molecule has 8 heteroatoms. The first kappa shape index (κ1) is 11.1. The van der Waals surface area contributed by atoms with E-state index in [4.69, 9.17) is 0 Å². The number of hydrogen-bond acceptors (Lipinski definition) is 0. The summed E-state index contributed by atoms with van der Waals surface area (Å²) in [6.45, 7) is 0. The van der Waals surface area contributed by atoms with Gasteiger partial charge in [0.25, 0.3) is 0 Å². The summed E-state index contributed by atoms with van der Waals surface area (Å²) in [7, 11) is 0.